The Bertz CT molecular complexity index is 1210. The minimum Gasteiger partial charge on any atom is -0.397 e. The minimum absolute atomic E-state index is 0.0465. The van der Waals surface area contributed by atoms with E-state index in [9.17, 15) is 9.90 Å². The topological polar surface area (TPSA) is 125 Å². The average molecular weight is 371 g/mol. The fraction of sp³-hybridized carbons (Fsp3) is 0.238. The van der Waals surface area contributed by atoms with Crippen molar-refractivity contribution in [3.8, 4) is 17.3 Å². The number of amides is 1. The zero-order valence-corrected chi connectivity index (χ0v) is 15.1. The van der Waals surface area contributed by atoms with Crippen molar-refractivity contribution in [2.75, 3.05) is 11.1 Å². The quantitative estimate of drug-likeness (QED) is 0.636. The van der Waals surface area contributed by atoms with Gasteiger partial charge in [-0.1, -0.05) is 0 Å². The van der Waals surface area contributed by atoms with Crippen LogP contribution in [0.2, 0.25) is 0 Å². The normalized spacial score (nSPS) is 22.6. The molecule has 1 saturated carbocycles. The third kappa shape index (κ3) is 2.42. The lowest BCUT2D eigenvalue weighted by molar-refractivity contribution is -0.123. The number of nitrogens with zero attached hydrogens (tertiary/aromatic N) is 3. The van der Waals surface area contributed by atoms with Gasteiger partial charge < -0.3 is 16.2 Å². The van der Waals surface area contributed by atoms with Crippen LogP contribution in [0.15, 0.2) is 30.5 Å². The Morgan fingerprint density at radius 1 is 1.32 bits per heavy atom. The van der Waals surface area contributed by atoms with Crippen molar-refractivity contribution in [1.29, 1.82) is 5.26 Å². The first-order chi connectivity index (χ1) is 13.5. The number of pyridine rings is 2. The lowest BCUT2D eigenvalue weighted by Crippen LogP contribution is -2.10. The highest BCUT2D eigenvalue weighted by Gasteiger charge is 2.39. The van der Waals surface area contributed by atoms with Crippen molar-refractivity contribution in [2.24, 2.45) is 5.92 Å². The molecule has 3 heterocycles. The standard InChI is InChI=1S/C21H17N5O2/c1-9-2-16-14(20(27)21(28)26-16)5-12(9)17-6-15(23)19-18(25-17)4-11(8-24-19)13-3-10(13)7-22/h2,4-6,8,10,13,20,27H,3H2,1H3,(H2,23,25)(H,26,28). The third-order valence-electron chi connectivity index (χ3n) is 5.55. The van der Waals surface area contributed by atoms with Crippen molar-refractivity contribution < 1.29 is 9.90 Å². The lowest BCUT2D eigenvalue weighted by atomic mass is 9.98. The van der Waals surface area contributed by atoms with Crippen LogP contribution in [0.4, 0.5) is 11.4 Å². The first-order valence-corrected chi connectivity index (χ1v) is 9.06. The molecule has 1 aliphatic carbocycles. The number of nitriles is 1. The van der Waals surface area contributed by atoms with Crippen LogP contribution in [0.3, 0.4) is 0 Å². The van der Waals surface area contributed by atoms with Crippen LogP contribution >= 0.6 is 0 Å². The molecule has 1 amide bonds. The number of anilines is 2. The number of hydrogen-bond donors (Lipinski definition) is 3. The Kier molecular flexibility index (Phi) is 3.42. The van der Waals surface area contributed by atoms with E-state index in [1.54, 1.807) is 18.3 Å². The summed E-state index contributed by atoms with van der Waals surface area (Å²) in [5.74, 6) is -0.171. The van der Waals surface area contributed by atoms with E-state index in [4.69, 9.17) is 16.0 Å². The fourth-order valence-electron chi connectivity index (χ4n) is 3.88. The summed E-state index contributed by atoms with van der Waals surface area (Å²) < 4.78 is 0. The van der Waals surface area contributed by atoms with Gasteiger partial charge in [0.05, 0.1) is 28.9 Å². The number of fused-ring (bicyclic) bond motifs is 2. The first-order valence-electron chi connectivity index (χ1n) is 9.06. The van der Waals surface area contributed by atoms with Crippen molar-refractivity contribution in [1.82, 2.24) is 9.97 Å². The Labute approximate surface area is 160 Å². The highest BCUT2D eigenvalue weighted by atomic mass is 16.3. The van der Waals surface area contributed by atoms with E-state index in [-0.39, 0.29) is 11.8 Å². The number of nitrogens with two attached hydrogens (primary N) is 1. The largest absolute Gasteiger partial charge is 0.397 e. The molecule has 5 rings (SSSR count). The average Bonchev–Trinajstić information content (AvgIpc) is 3.41. The molecule has 0 radical (unpaired) electrons. The zero-order valence-electron chi connectivity index (χ0n) is 15.1. The predicted octanol–water partition coefficient (Wildman–Crippen LogP) is 2.80. The summed E-state index contributed by atoms with van der Waals surface area (Å²) in [4.78, 5) is 21.0. The van der Waals surface area contributed by atoms with Gasteiger partial charge in [0.25, 0.3) is 5.91 Å². The van der Waals surface area contributed by atoms with E-state index < -0.39 is 12.0 Å². The maximum atomic E-state index is 11.7. The first kappa shape index (κ1) is 16.7. The number of aryl methyl sites for hydroxylation is 1. The molecule has 2 aromatic heterocycles. The highest BCUT2D eigenvalue weighted by Crippen LogP contribution is 2.47. The van der Waals surface area contributed by atoms with Crippen molar-refractivity contribution >= 4 is 28.3 Å². The molecule has 7 heteroatoms. The zero-order chi connectivity index (χ0) is 19.6. The van der Waals surface area contributed by atoms with Crippen LogP contribution in [0, 0.1) is 24.2 Å². The number of aliphatic hydroxyl groups excluding tert-OH is 1. The second-order valence-corrected chi connectivity index (χ2v) is 7.46. The Hall–Kier alpha value is -3.50. The van der Waals surface area contributed by atoms with Crippen molar-refractivity contribution in [3.05, 3.63) is 47.2 Å². The molecule has 4 N–H and O–H groups in total. The van der Waals surface area contributed by atoms with Gasteiger partial charge in [0.2, 0.25) is 0 Å². The Balaban J connectivity index is 1.64. The summed E-state index contributed by atoms with van der Waals surface area (Å²) in [7, 11) is 0. The number of benzene rings is 1. The number of carbonyl (C=O) groups excluding carboxylic acids is 1. The van der Waals surface area contributed by atoms with Gasteiger partial charge in [-0.05, 0) is 48.7 Å². The minimum atomic E-state index is -1.18. The second-order valence-electron chi connectivity index (χ2n) is 7.46. The van der Waals surface area contributed by atoms with Gasteiger partial charge in [0.1, 0.15) is 5.52 Å². The molecular weight excluding hydrogens is 354 g/mol. The van der Waals surface area contributed by atoms with Crippen LogP contribution in [-0.4, -0.2) is 21.0 Å². The summed E-state index contributed by atoms with van der Waals surface area (Å²) >= 11 is 0. The molecule has 0 saturated heterocycles. The summed E-state index contributed by atoms with van der Waals surface area (Å²) in [6, 6.07) is 9.62. The molecule has 7 nitrogen and oxygen atoms in total. The van der Waals surface area contributed by atoms with Crippen LogP contribution < -0.4 is 11.1 Å². The van der Waals surface area contributed by atoms with Crippen LogP contribution in [0.5, 0.6) is 0 Å². The SMILES string of the molecule is Cc1cc2c(cc1-c1cc(N)c3ncc(C4CC4C#N)cc3n1)C(O)C(=O)N2. The molecule has 3 unspecified atom stereocenters. The monoisotopic (exact) mass is 371 g/mol. The molecule has 1 aliphatic heterocycles. The van der Waals surface area contributed by atoms with Crippen molar-refractivity contribution in [3.63, 3.8) is 0 Å². The second kappa shape index (κ2) is 5.75. The predicted molar refractivity (Wildman–Crippen MR) is 104 cm³/mol. The molecule has 0 spiro atoms. The van der Waals surface area contributed by atoms with E-state index in [1.165, 1.54) is 0 Å². The van der Waals surface area contributed by atoms with Crippen molar-refractivity contribution in [2.45, 2.75) is 25.4 Å². The van der Waals surface area contributed by atoms with Gasteiger partial charge in [0, 0.05) is 28.9 Å². The van der Waals surface area contributed by atoms with Gasteiger partial charge in [0.15, 0.2) is 6.10 Å². The number of aromatic nitrogens is 2. The van der Waals surface area contributed by atoms with Gasteiger partial charge in [-0.2, -0.15) is 5.26 Å². The van der Waals surface area contributed by atoms with E-state index in [0.29, 0.717) is 33.7 Å². The Morgan fingerprint density at radius 3 is 2.89 bits per heavy atom. The van der Waals surface area contributed by atoms with Gasteiger partial charge in [-0.15, -0.1) is 0 Å². The van der Waals surface area contributed by atoms with E-state index in [1.807, 2.05) is 19.1 Å². The molecule has 1 aromatic carbocycles. The van der Waals surface area contributed by atoms with E-state index in [0.717, 1.165) is 23.1 Å². The number of nitrogens with one attached hydrogen (secondary N) is 1. The van der Waals surface area contributed by atoms with Crippen LogP contribution in [0.25, 0.3) is 22.3 Å². The number of carbonyl (C=O) groups is 1. The summed E-state index contributed by atoms with van der Waals surface area (Å²) in [6.07, 6.45) is 1.44. The van der Waals surface area contributed by atoms with Gasteiger partial charge >= 0.3 is 0 Å². The molecule has 2 aliphatic rings. The smallest absolute Gasteiger partial charge is 0.257 e. The number of nitrogen functional groups attached to an aromatic ring is 1. The summed E-state index contributed by atoms with van der Waals surface area (Å²) in [5, 5.41) is 21.9. The van der Waals surface area contributed by atoms with Crippen LogP contribution in [-0.2, 0) is 4.79 Å². The van der Waals surface area contributed by atoms with Gasteiger partial charge in [-0.3, -0.25) is 9.78 Å². The molecule has 1 fully saturated rings. The summed E-state index contributed by atoms with van der Waals surface area (Å²) in [6.45, 7) is 1.92. The lowest BCUT2D eigenvalue weighted by Gasteiger charge is -2.12. The molecule has 3 aromatic rings. The molecule has 28 heavy (non-hydrogen) atoms. The van der Waals surface area contributed by atoms with E-state index in [2.05, 4.69) is 16.4 Å². The molecular formula is C21H17N5O2. The van der Waals surface area contributed by atoms with Gasteiger partial charge in [-0.25, -0.2) is 4.98 Å². The number of hydrogen-bond acceptors (Lipinski definition) is 6. The highest BCUT2D eigenvalue weighted by molar-refractivity contribution is 6.02. The maximum absolute atomic E-state index is 11.7. The molecule has 138 valence electrons. The van der Waals surface area contributed by atoms with E-state index >= 15 is 0 Å². The number of rotatable bonds is 2. The summed E-state index contributed by atoms with van der Waals surface area (Å²) in [5.41, 5.74) is 12.6. The molecule has 0 bridgehead atoms. The third-order valence-corrected chi connectivity index (χ3v) is 5.55. The van der Waals surface area contributed by atoms with Crippen LogP contribution in [0.1, 0.15) is 35.1 Å². The Morgan fingerprint density at radius 2 is 2.14 bits per heavy atom. The number of aliphatic hydroxyl groups is 1. The maximum Gasteiger partial charge on any atom is 0.257 e. The molecule has 3 atom stereocenters. The fourth-order valence-corrected chi connectivity index (χ4v) is 3.88.